The van der Waals surface area contributed by atoms with Crippen LogP contribution in [-0.2, 0) is 4.79 Å². The fourth-order valence-corrected chi connectivity index (χ4v) is 5.07. The highest BCUT2D eigenvalue weighted by atomic mass is 16.2. The third-order valence-corrected chi connectivity index (χ3v) is 6.40. The molecule has 0 radical (unpaired) electrons. The second-order valence-electron chi connectivity index (χ2n) is 8.75. The summed E-state index contributed by atoms with van der Waals surface area (Å²) in [6.07, 6.45) is 4.00. The van der Waals surface area contributed by atoms with Crippen LogP contribution in [0.3, 0.4) is 0 Å². The highest BCUT2D eigenvalue weighted by Crippen LogP contribution is 2.44. The van der Waals surface area contributed by atoms with Crippen molar-refractivity contribution in [2.24, 2.45) is 5.41 Å². The minimum Gasteiger partial charge on any atom is -0.347 e. The van der Waals surface area contributed by atoms with Gasteiger partial charge in [0, 0.05) is 32.7 Å². The summed E-state index contributed by atoms with van der Waals surface area (Å²) < 4.78 is 0. The van der Waals surface area contributed by atoms with Crippen molar-refractivity contribution in [3.8, 4) is 0 Å². The van der Waals surface area contributed by atoms with Gasteiger partial charge in [-0.05, 0) is 70.7 Å². The van der Waals surface area contributed by atoms with Crippen LogP contribution >= 0.6 is 0 Å². The first kappa shape index (κ1) is 19.9. The average Bonchev–Trinajstić information content (AvgIpc) is 2.60. The van der Waals surface area contributed by atoms with Crippen LogP contribution in [0.1, 0.15) is 47.2 Å². The minimum atomic E-state index is -0.0697. The Morgan fingerprint density at radius 3 is 2.15 bits per heavy atom. The fraction of sp³-hybridized carbons (Fsp3) is 0.636. The van der Waals surface area contributed by atoms with Crippen LogP contribution in [0.2, 0.25) is 0 Å². The van der Waals surface area contributed by atoms with Crippen molar-refractivity contribution in [3.63, 3.8) is 0 Å². The van der Waals surface area contributed by atoms with Gasteiger partial charge >= 0.3 is 0 Å². The molecule has 5 heteroatoms. The number of benzene rings is 1. The van der Waals surface area contributed by atoms with Gasteiger partial charge < -0.3 is 9.80 Å². The molecule has 0 aromatic heterocycles. The quantitative estimate of drug-likeness (QED) is 0.803. The van der Waals surface area contributed by atoms with Crippen LogP contribution in [0.4, 0.5) is 0 Å². The summed E-state index contributed by atoms with van der Waals surface area (Å²) in [5.41, 5.74) is 3.02. The monoisotopic (exact) mass is 371 g/mol. The third-order valence-electron chi connectivity index (χ3n) is 6.40. The van der Waals surface area contributed by atoms with E-state index < -0.39 is 0 Å². The van der Waals surface area contributed by atoms with Gasteiger partial charge in [0.15, 0.2) is 0 Å². The molecule has 1 aromatic rings. The molecule has 2 fully saturated rings. The average molecular weight is 372 g/mol. The van der Waals surface area contributed by atoms with E-state index in [1.807, 2.05) is 45.0 Å². The Kier molecular flexibility index (Phi) is 5.61. The predicted octanol–water partition coefficient (Wildman–Crippen LogP) is 2.71. The lowest BCUT2D eigenvalue weighted by Gasteiger charge is -2.52. The van der Waals surface area contributed by atoms with Crippen LogP contribution in [0.5, 0.6) is 0 Å². The molecule has 2 amide bonds. The second kappa shape index (κ2) is 7.63. The lowest BCUT2D eigenvalue weighted by atomic mass is 9.66. The molecule has 1 unspecified atom stereocenters. The third kappa shape index (κ3) is 3.88. The molecule has 0 bridgehead atoms. The zero-order valence-electron chi connectivity index (χ0n) is 17.4. The first-order valence-electron chi connectivity index (χ1n) is 10.0. The number of aryl methyl sites for hydroxylation is 2. The molecular formula is C22H33N3O2. The van der Waals surface area contributed by atoms with Crippen LogP contribution in [0, 0.1) is 19.3 Å². The predicted molar refractivity (Wildman–Crippen MR) is 108 cm³/mol. The number of hydrogen-bond donors (Lipinski definition) is 0. The molecule has 0 saturated carbocycles. The molecule has 2 saturated heterocycles. The maximum Gasteiger partial charge on any atom is 0.253 e. The van der Waals surface area contributed by atoms with Crippen LogP contribution in [0.15, 0.2) is 18.2 Å². The van der Waals surface area contributed by atoms with E-state index in [0.29, 0.717) is 0 Å². The molecule has 1 atom stereocenters. The maximum atomic E-state index is 13.0. The highest BCUT2D eigenvalue weighted by Gasteiger charge is 2.49. The molecular weight excluding hydrogens is 338 g/mol. The Labute approximate surface area is 163 Å². The van der Waals surface area contributed by atoms with E-state index in [0.717, 1.165) is 62.0 Å². The second-order valence-corrected chi connectivity index (χ2v) is 8.75. The smallest absolute Gasteiger partial charge is 0.253 e. The summed E-state index contributed by atoms with van der Waals surface area (Å²) in [6, 6.07) is 5.98. The van der Waals surface area contributed by atoms with Gasteiger partial charge in [0.1, 0.15) is 0 Å². The van der Waals surface area contributed by atoms with Crippen molar-refractivity contribution in [2.45, 2.75) is 45.6 Å². The van der Waals surface area contributed by atoms with Crippen LogP contribution < -0.4 is 0 Å². The summed E-state index contributed by atoms with van der Waals surface area (Å²) in [5.74, 6) is 0.322. The first-order chi connectivity index (χ1) is 12.7. The number of rotatable bonds is 2. The van der Waals surface area contributed by atoms with Crippen LogP contribution in [-0.4, -0.2) is 73.3 Å². The van der Waals surface area contributed by atoms with E-state index in [1.54, 1.807) is 4.90 Å². The van der Waals surface area contributed by atoms with E-state index in [-0.39, 0.29) is 23.3 Å². The molecule has 2 aliphatic rings. The topological polar surface area (TPSA) is 43.9 Å². The molecule has 2 heterocycles. The van der Waals surface area contributed by atoms with Gasteiger partial charge in [-0.3, -0.25) is 14.5 Å². The Morgan fingerprint density at radius 2 is 1.59 bits per heavy atom. The molecule has 148 valence electrons. The molecule has 2 aliphatic heterocycles. The summed E-state index contributed by atoms with van der Waals surface area (Å²) >= 11 is 0. The first-order valence-corrected chi connectivity index (χ1v) is 10.0. The number of carbonyl (C=O) groups is 2. The molecule has 1 aromatic carbocycles. The van der Waals surface area contributed by atoms with Crippen molar-refractivity contribution in [1.29, 1.82) is 0 Å². The summed E-state index contributed by atoms with van der Waals surface area (Å²) in [7, 11) is 5.76. The van der Waals surface area contributed by atoms with Crippen molar-refractivity contribution in [3.05, 3.63) is 34.9 Å². The van der Waals surface area contributed by atoms with Crippen molar-refractivity contribution >= 4 is 11.8 Å². The standard InChI is InChI=1S/C22H33N3O2/c1-16-13-17(2)15-18(14-16)20(26)25-11-8-22(9-12-25)7-6-10-24(5)19(22)21(27)23(3)4/h13-15,19H,6-12H2,1-5H3. The van der Waals surface area contributed by atoms with Gasteiger partial charge in [0.25, 0.3) is 5.91 Å². The number of piperidine rings is 2. The van der Waals surface area contributed by atoms with Gasteiger partial charge in [-0.25, -0.2) is 0 Å². The maximum absolute atomic E-state index is 13.0. The van der Waals surface area contributed by atoms with Crippen molar-refractivity contribution in [1.82, 2.24) is 14.7 Å². The number of likely N-dealkylation sites (N-methyl/N-ethyl adjacent to an activating group) is 2. The van der Waals surface area contributed by atoms with E-state index in [4.69, 9.17) is 0 Å². The summed E-state index contributed by atoms with van der Waals surface area (Å²) in [6.45, 7) is 6.50. The Morgan fingerprint density at radius 1 is 1.00 bits per heavy atom. The van der Waals surface area contributed by atoms with Gasteiger partial charge in [-0.2, -0.15) is 0 Å². The molecule has 1 spiro atoms. The Hall–Kier alpha value is -1.88. The number of amides is 2. The number of carbonyl (C=O) groups excluding carboxylic acids is 2. The molecule has 5 nitrogen and oxygen atoms in total. The molecule has 27 heavy (non-hydrogen) atoms. The number of likely N-dealkylation sites (tertiary alicyclic amines) is 2. The SMILES string of the molecule is Cc1cc(C)cc(C(=O)N2CCC3(CCCN(C)C3C(=O)N(C)C)CC2)c1. The van der Waals surface area contributed by atoms with E-state index in [2.05, 4.69) is 18.0 Å². The van der Waals surface area contributed by atoms with Gasteiger partial charge in [0.05, 0.1) is 6.04 Å². The number of hydrogen-bond acceptors (Lipinski definition) is 3. The van der Waals surface area contributed by atoms with E-state index >= 15 is 0 Å². The molecule has 0 N–H and O–H groups in total. The van der Waals surface area contributed by atoms with E-state index in [1.165, 1.54) is 0 Å². The van der Waals surface area contributed by atoms with Crippen molar-refractivity contribution < 1.29 is 9.59 Å². The summed E-state index contributed by atoms with van der Waals surface area (Å²) in [5, 5.41) is 0. The minimum absolute atomic E-state index is 0.00630. The largest absolute Gasteiger partial charge is 0.347 e. The highest BCUT2D eigenvalue weighted by molar-refractivity contribution is 5.94. The lowest BCUT2D eigenvalue weighted by molar-refractivity contribution is -0.144. The molecule has 3 rings (SSSR count). The Balaban J connectivity index is 1.76. The number of nitrogens with zero attached hydrogens (tertiary/aromatic N) is 3. The normalized spacial score (nSPS) is 22.7. The zero-order valence-corrected chi connectivity index (χ0v) is 17.4. The van der Waals surface area contributed by atoms with Crippen LogP contribution in [0.25, 0.3) is 0 Å². The van der Waals surface area contributed by atoms with E-state index in [9.17, 15) is 9.59 Å². The van der Waals surface area contributed by atoms with Gasteiger partial charge in [-0.1, -0.05) is 17.2 Å². The van der Waals surface area contributed by atoms with Gasteiger partial charge in [0.2, 0.25) is 5.91 Å². The van der Waals surface area contributed by atoms with Gasteiger partial charge in [-0.15, -0.1) is 0 Å². The summed E-state index contributed by atoms with van der Waals surface area (Å²) in [4.78, 5) is 31.8. The zero-order chi connectivity index (χ0) is 19.8. The van der Waals surface area contributed by atoms with Crippen molar-refractivity contribution in [2.75, 3.05) is 40.8 Å². The lowest BCUT2D eigenvalue weighted by Crippen LogP contribution is -2.61. The Bertz CT molecular complexity index is 700. The fourth-order valence-electron chi connectivity index (χ4n) is 5.07. The molecule has 0 aliphatic carbocycles.